The van der Waals surface area contributed by atoms with Crippen LogP contribution in [0.2, 0.25) is 0 Å². The number of hydrogen-bond acceptors (Lipinski definition) is 4. The van der Waals surface area contributed by atoms with Crippen LogP contribution in [0.4, 0.5) is 0 Å². The van der Waals surface area contributed by atoms with Crippen LogP contribution in [0.15, 0.2) is 5.18 Å². The molecule has 42 valence electrons. The van der Waals surface area contributed by atoms with E-state index in [1.807, 2.05) is 0 Å². The Morgan fingerprint density at radius 3 is 2.43 bits per heavy atom. The first kappa shape index (κ1) is 6.52. The van der Waals surface area contributed by atoms with E-state index in [4.69, 9.17) is 10.2 Å². The minimum Gasteiger partial charge on any atom is -0.396 e. The fourth-order valence-electron chi connectivity index (χ4n) is 0.168. The monoisotopic (exact) mass is 105 g/mol. The van der Waals surface area contributed by atoms with Crippen molar-refractivity contribution in [2.75, 3.05) is 6.61 Å². The lowest BCUT2D eigenvalue weighted by molar-refractivity contribution is 0.139. The minimum atomic E-state index is -1.23. The van der Waals surface area contributed by atoms with Crippen LogP contribution in [0.25, 0.3) is 0 Å². The Hall–Kier alpha value is -0.480. The van der Waals surface area contributed by atoms with Crippen LogP contribution in [0.3, 0.4) is 0 Å². The highest BCUT2D eigenvalue weighted by atomic mass is 16.3. The van der Waals surface area contributed by atoms with Gasteiger partial charge in [0.15, 0.2) is 6.23 Å². The van der Waals surface area contributed by atoms with Gasteiger partial charge in [-0.15, -0.1) is 4.91 Å². The maximum absolute atomic E-state index is 9.28. The summed E-state index contributed by atoms with van der Waals surface area (Å²) in [6.07, 6.45) is -1.20. The maximum Gasteiger partial charge on any atom is 0.189 e. The average molecular weight is 105 g/mol. The quantitative estimate of drug-likeness (QED) is 0.473. The fourth-order valence-corrected chi connectivity index (χ4v) is 0.168. The van der Waals surface area contributed by atoms with Crippen LogP contribution in [0.1, 0.15) is 6.42 Å². The Labute approximate surface area is 40.8 Å². The zero-order valence-corrected chi connectivity index (χ0v) is 3.74. The number of rotatable bonds is 3. The highest BCUT2D eigenvalue weighted by Crippen LogP contribution is 1.87. The van der Waals surface area contributed by atoms with E-state index in [2.05, 4.69) is 5.18 Å². The molecule has 0 aliphatic heterocycles. The Balaban J connectivity index is 2.98. The van der Waals surface area contributed by atoms with E-state index in [1.165, 1.54) is 0 Å². The summed E-state index contributed by atoms with van der Waals surface area (Å²) in [5.74, 6) is 0. The van der Waals surface area contributed by atoms with Gasteiger partial charge in [0.05, 0.1) is 0 Å². The van der Waals surface area contributed by atoms with E-state index in [0.29, 0.717) is 0 Å². The summed E-state index contributed by atoms with van der Waals surface area (Å²) in [5.41, 5.74) is 0. The van der Waals surface area contributed by atoms with Gasteiger partial charge in [0.2, 0.25) is 0 Å². The SMILES string of the molecule is O=NC(O)CCO. The van der Waals surface area contributed by atoms with Crippen LogP contribution >= 0.6 is 0 Å². The molecule has 1 atom stereocenters. The van der Waals surface area contributed by atoms with Gasteiger partial charge in [0.1, 0.15) is 0 Å². The van der Waals surface area contributed by atoms with Crippen molar-refractivity contribution >= 4 is 0 Å². The summed E-state index contributed by atoms with van der Waals surface area (Å²) in [6, 6.07) is 0. The summed E-state index contributed by atoms with van der Waals surface area (Å²) in [4.78, 5) is 9.28. The number of aliphatic hydroxyl groups is 2. The highest BCUT2D eigenvalue weighted by Gasteiger charge is 1.97. The molecular weight excluding hydrogens is 98.0 g/mol. The van der Waals surface area contributed by atoms with Crippen molar-refractivity contribution < 1.29 is 10.2 Å². The van der Waals surface area contributed by atoms with Gasteiger partial charge in [-0.2, -0.15) is 0 Å². The van der Waals surface area contributed by atoms with Gasteiger partial charge in [-0.05, 0) is 5.18 Å². The second-order valence-corrected chi connectivity index (χ2v) is 1.10. The summed E-state index contributed by atoms with van der Waals surface area (Å²) in [5, 5.41) is 18.5. The lowest BCUT2D eigenvalue weighted by atomic mass is 10.4. The zero-order chi connectivity index (χ0) is 5.70. The second-order valence-electron chi connectivity index (χ2n) is 1.10. The fraction of sp³-hybridized carbons (Fsp3) is 1.00. The van der Waals surface area contributed by atoms with Crippen LogP contribution in [0.5, 0.6) is 0 Å². The Kier molecular flexibility index (Phi) is 3.45. The van der Waals surface area contributed by atoms with Crippen molar-refractivity contribution in [2.45, 2.75) is 12.6 Å². The molecule has 0 saturated carbocycles. The van der Waals surface area contributed by atoms with E-state index in [-0.39, 0.29) is 13.0 Å². The third-order valence-corrected chi connectivity index (χ3v) is 0.509. The van der Waals surface area contributed by atoms with E-state index < -0.39 is 6.23 Å². The molecule has 0 heterocycles. The molecular formula is C3H7NO3. The number of nitrogens with zero attached hydrogens (tertiary/aromatic N) is 1. The summed E-state index contributed by atoms with van der Waals surface area (Å²) >= 11 is 0. The van der Waals surface area contributed by atoms with Gasteiger partial charge in [-0.3, -0.25) is 0 Å². The maximum atomic E-state index is 9.28. The number of hydrogen-bond donors (Lipinski definition) is 2. The molecule has 2 N–H and O–H groups in total. The zero-order valence-electron chi connectivity index (χ0n) is 3.74. The first-order valence-corrected chi connectivity index (χ1v) is 1.92. The van der Waals surface area contributed by atoms with Crippen molar-refractivity contribution in [2.24, 2.45) is 5.18 Å². The van der Waals surface area contributed by atoms with Crippen molar-refractivity contribution in [3.63, 3.8) is 0 Å². The van der Waals surface area contributed by atoms with Crippen molar-refractivity contribution in [1.29, 1.82) is 0 Å². The van der Waals surface area contributed by atoms with Gasteiger partial charge >= 0.3 is 0 Å². The molecule has 0 saturated heterocycles. The normalized spacial score (nSPS) is 13.4. The molecule has 0 fully saturated rings. The van der Waals surface area contributed by atoms with Gasteiger partial charge in [0, 0.05) is 13.0 Å². The van der Waals surface area contributed by atoms with Crippen molar-refractivity contribution in [3.05, 3.63) is 4.91 Å². The Bertz CT molecular complexity index is 56.1. The molecule has 7 heavy (non-hydrogen) atoms. The van der Waals surface area contributed by atoms with E-state index in [0.717, 1.165) is 0 Å². The summed E-state index contributed by atoms with van der Waals surface area (Å²) < 4.78 is 0. The van der Waals surface area contributed by atoms with Gasteiger partial charge < -0.3 is 10.2 Å². The minimum absolute atomic E-state index is 0.0312. The summed E-state index contributed by atoms with van der Waals surface area (Å²) in [6.45, 7) is -0.201. The summed E-state index contributed by atoms with van der Waals surface area (Å²) in [7, 11) is 0. The largest absolute Gasteiger partial charge is 0.396 e. The molecule has 0 amide bonds. The van der Waals surface area contributed by atoms with Gasteiger partial charge in [-0.1, -0.05) is 0 Å². The molecule has 0 aliphatic rings. The predicted molar refractivity (Wildman–Crippen MR) is 23.5 cm³/mol. The highest BCUT2D eigenvalue weighted by molar-refractivity contribution is 4.45. The first-order chi connectivity index (χ1) is 3.31. The van der Waals surface area contributed by atoms with Gasteiger partial charge in [-0.25, -0.2) is 0 Å². The van der Waals surface area contributed by atoms with E-state index >= 15 is 0 Å². The molecule has 4 nitrogen and oxygen atoms in total. The first-order valence-electron chi connectivity index (χ1n) is 1.92. The third kappa shape index (κ3) is 3.35. The molecule has 4 heteroatoms. The van der Waals surface area contributed by atoms with Crippen LogP contribution < -0.4 is 0 Å². The van der Waals surface area contributed by atoms with Crippen LogP contribution in [-0.4, -0.2) is 23.0 Å². The Morgan fingerprint density at radius 2 is 2.29 bits per heavy atom. The second kappa shape index (κ2) is 3.70. The predicted octanol–water partition coefficient (Wildman–Crippen LogP) is -0.546. The smallest absolute Gasteiger partial charge is 0.189 e. The van der Waals surface area contributed by atoms with Crippen molar-refractivity contribution in [3.8, 4) is 0 Å². The lowest BCUT2D eigenvalue weighted by Gasteiger charge is -1.92. The standard InChI is InChI=1S/C3H7NO3/c5-2-1-3(6)4-7/h3,5-6H,1-2H2. The molecule has 0 aromatic heterocycles. The van der Waals surface area contributed by atoms with Crippen LogP contribution in [0, 0.1) is 4.91 Å². The Morgan fingerprint density at radius 1 is 1.71 bits per heavy atom. The third-order valence-electron chi connectivity index (χ3n) is 0.509. The molecule has 0 rings (SSSR count). The molecule has 1 unspecified atom stereocenters. The topological polar surface area (TPSA) is 69.9 Å². The number of aliphatic hydroxyl groups excluding tert-OH is 2. The molecule has 0 radical (unpaired) electrons. The van der Waals surface area contributed by atoms with Crippen molar-refractivity contribution in [1.82, 2.24) is 0 Å². The molecule has 0 bridgehead atoms. The molecule has 0 aromatic rings. The molecule has 0 spiro atoms. The van der Waals surface area contributed by atoms with Gasteiger partial charge in [0.25, 0.3) is 0 Å². The van der Waals surface area contributed by atoms with E-state index in [1.54, 1.807) is 0 Å². The molecule has 0 aliphatic carbocycles. The average Bonchev–Trinajstić information content (AvgIpc) is 1.68. The lowest BCUT2D eigenvalue weighted by Crippen LogP contribution is -2.02. The molecule has 0 aromatic carbocycles. The van der Waals surface area contributed by atoms with E-state index in [9.17, 15) is 4.91 Å². The number of nitroso groups, excluding NO2 is 1. The van der Waals surface area contributed by atoms with Crippen LogP contribution in [-0.2, 0) is 0 Å².